The van der Waals surface area contributed by atoms with E-state index in [2.05, 4.69) is 15.6 Å². The second-order valence-electron chi connectivity index (χ2n) is 5.12. The molecule has 22 heavy (non-hydrogen) atoms. The molecule has 114 valence electrons. The molecule has 3 rings (SSSR count). The molecule has 0 aliphatic heterocycles. The van der Waals surface area contributed by atoms with Crippen molar-refractivity contribution in [3.63, 3.8) is 0 Å². The summed E-state index contributed by atoms with van der Waals surface area (Å²) in [6.45, 7) is 2.06. The van der Waals surface area contributed by atoms with E-state index >= 15 is 0 Å². The molecule has 0 bridgehead atoms. The molecule has 0 saturated heterocycles. The van der Waals surface area contributed by atoms with Gasteiger partial charge in [-0.25, -0.2) is 4.79 Å². The number of furan rings is 1. The van der Waals surface area contributed by atoms with Crippen molar-refractivity contribution < 1.29 is 14.3 Å². The Hall–Kier alpha value is -2.73. The molecule has 0 aliphatic carbocycles. The van der Waals surface area contributed by atoms with Crippen LogP contribution in [0.3, 0.4) is 0 Å². The molecule has 6 nitrogen and oxygen atoms in total. The highest BCUT2D eigenvalue weighted by molar-refractivity contribution is 5.93. The Kier molecular flexibility index (Phi) is 3.84. The number of aliphatic hydroxyl groups excluding tert-OH is 1. The second-order valence-corrected chi connectivity index (χ2v) is 5.12. The third kappa shape index (κ3) is 3.12. The van der Waals surface area contributed by atoms with Crippen molar-refractivity contribution >= 4 is 22.6 Å². The van der Waals surface area contributed by atoms with E-state index in [9.17, 15) is 9.90 Å². The van der Waals surface area contributed by atoms with Gasteiger partial charge in [-0.3, -0.25) is 0 Å². The molecule has 1 atom stereocenters. The SMILES string of the molecule is Cc1cc2cc(NC(=O)NCC(O)c3ccco3)ccc2[nH]1. The predicted molar refractivity (Wildman–Crippen MR) is 83.7 cm³/mol. The highest BCUT2D eigenvalue weighted by Gasteiger charge is 2.12. The van der Waals surface area contributed by atoms with E-state index in [0.29, 0.717) is 11.4 Å². The lowest BCUT2D eigenvalue weighted by molar-refractivity contribution is 0.149. The number of carbonyl (C=O) groups excluding carboxylic acids is 1. The summed E-state index contributed by atoms with van der Waals surface area (Å²) in [5.41, 5.74) is 2.78. The van der Waals surface area contributed by atoms with Crippen LogP contribution < -0.4 is 10.6 Å². The summed E-state index contributed by atoms with van der Waals surface area (Å²) in [5, 5.41) is 16.2. The number of hydrogen-bond donors (Lipinski definition) is 4. The van der Waals surface area contributed by atoms with Crippen molar-refractivity contribution in [1.82, 2.24) is 10.3 Å². The zero-order chi connectivity index (χ0) is 15.5. The zero-order valence-corrected chi connectivity index (χ0v) is 12.1. The zero-order valence-electron chi connectivity index (χ0n) is 12.1. The van der Waals surface area contributed by atoms with E-state index in [-0.39, 0.29) is 12.6 Å². The lowest BCUT2D eigenvalue weighted by Crippen LogP contribution is -2.32. The number of carbonyl (C=O) groups is 1. The number of hydrogen-bond acceptors (Lipinski definition) is 3. The summed E-state index contributed by atoms with van der Waals surface area (Å²) in [6, 6.07) is 10.6. The fraction of sp³-hybridized carbons (Fsp3) is 0.188. The minimum atomic E-state index is -0.865. The molecule has 0 radical (unpaired) electrons. The van der Waals surface area contributed by atoms with Crippen LogP contribution in [0.5, 0.6) is 0 Å². The van der Waals surface area contributed by atoms with Crippen LogP contribution in [0.1, 0.15) is 17.6 Å². The maximum atomic E-state index is 11.9. The van der Waals surface area contributed by atoms with E-state index in [1.165, 1.54) is 6.26 Å². The van der Waals surface area contributed by atoms with Crippen molar-refractivity contribution in [2.45, 2.75) is 13.0 Å². The van der Waals surface area contributed by atoms with Crippen molar-refractivity contribution in [1.29, 1.82) is 0 Å². The van der Waals surface area contributed by atoms with Gasteiger partial charge in [0, 0.05) is 22.3 Å². The number of aromatic amines is 1. The molecular formula is C16H17N3O3. The molecule has 6 heteroatoms. The number of aryl methyl sites for hydroxylation is 1. The molecule has 1 aromatic carbocycles. The summed E-state index contributed by atoms with van der Waals surface area (Å²) >= 11 is 0. The van der Waals surface area contributed by atoms with Gasteiger partial charge in [-0.1, -0.05) is 0 Å². The first-order valence-corrected chi connectivity index (χ1v) is 6.97. The van der Waals surface area contributed by atoms with E-state index in [1.54, 1.807) is 12.1 Å². The van der Waals surface area contributed by atoms with Gasteiger partial charge in [0.15, 0.2) is 0 Å². The normalized spacial score (nSPS) is 12.3. The van der Waals surface area contributed by atoms with E-state index in [0.717, 1.165) is 16.6 Å². The third-order valence-electron chi connectivity index (χ3n) is 3.34. The van der Waals surface area contributed by atoms with Crippen LogP contribution >= 0.6 is 0 Å². The Labute approximate surface area is 127 Å². The maximum Gasteiger partial charge on any atom is 0.319 e. The first-order valence-electron chi connectivity index (χ1n) is 6.97. The van der Waals surface area contributed by atoms with Gasteiger partial charge >= 0.3 is 6.03 Å². The minimum absolute atomic E-state index is 0.0743. The van der Waals surface area contributed by atoms with Crippen molar-refractivity contribution in [2.24, 2.45) is 0 Å². The van der Waals surface area contributed by atoms with Crippen LogP contribution in [-0.2, 0) is 0 Å². The summed E-state index contributed by atoms with van der Waals surface area (Å²) < 4.78 is 5.07. The summed E-state index contributed by atoms with van der Waals surface area (Å²) in [6.07, 6.45) is 0.614. The first kappa shape index (κ1) is 14.2. The van der Waals surface area contributed by atoms with Crippen LogP contribution in [-0.4, -0.2) is 22.7 Å². The fourth-order valence-electron chi connectivity index (χ4n) is 2.30. The highest BCUT2D eigenvalue weighted by atomic mass is 16.4. The Morgan fingerprint density at radius 1 is 1.36 bits per heavy atom. The van der Waals surface area contributed by atoms with Crippen molar-refractivity contribution in [3.05, 3.63) is 54.1 Å². The smallest absolute Gasteiger partial charge is 0.319 e. The third-order valence-corrected chi connectivity index (χ3v) is 3.34. The molecule has 2 aromatic heterocycles. The van der Waals surface area contributed by atoms with Gasteiger partial charge in [0.1, 0.15) is 11.9 Å². The molecule has 0 saturated carbocycles. The number of benzene rings is 1. The highest BCUT2D eigenvalue weighted by Crippen LogP contribution is 2.19. The number of urea groups is 1. The number of anilines is 1. The summed E-state index contributed by atoms with van der Waals surface area (Å²) in [5.74, 6) is 0.421. The topological polar surface area (TPSA) is 90.3 Å². The predicted octanol–water partition coefficient (Wildman–Crippen LogP) is 2.92. The minimum Gasteiger partial charge on any atom is -0.467 e. The van der Waals surface area contributed by atoms with Crippen LogP contribution in [0.4, 0.5) is 10.5 Å². The molecule has 2 heterocycles. The number of H-pyrrole nitrogens is 1. The fourth-order valence-corrected chi connectivity index (χ4v) is 2.30. The van der Waals surface area contributed by atoms with Gasteiger partial charge in [0.05, 0.1) is 12.8 Å². The van der Waals surface area contributed by atoms with Crippen LogP contribution in [0.2, 0.25) is 0 Å². The van der Waals surface area contributed by atoms with Crippen molar-refractivity contribution in [3.8, 4) is 0 Å². The van der Waals surface area contributed by atoms with E-state index in [1.807, 2.05) is 31.2 Å². The van der Waals surface area contributed by atoms with Gasteiger partial charge in [0.25, 0.3) is 0 Å². The van der Waals surface area contributed by atoms with Crippen LogP contribution in [0.25, 0.3) is 10.9 Å². The number of aliphatic hydroxyl groups is 1. The molecule has 0 fully saturated rings. The molecule has 1 unspecified atom stereocenters. The Morgan fingerprint density at radius 3 is 3.00 bits per heavy atom. The van der Waals surface area contributed by atoms with Crippen LogP contribution in [0, 0.1) is 6.92 Å². The molecule has 0 spiro atoms. The van der Waals surface area contributed by atoms with Gasteiger partial charge in [-0.05, 0) is 43.3 Å². The quantitative estimate of drug-likeness (QED) is 0.597. The molecule has 3 aromatic rings. The second kappa shape index (κ2) is 5.95. The summed E-state index contributed by atoms with van der Waals surface area (Å²) in [4.78, 5) is 15.1. The number of fused-ring (bicyclic) bond motifs is 1. The Balaban J connectivity index is 1.58. The molecule has 0 aliphatic rings. The standard InChI is InChI=1S/C16H17N3O3/c1-10-7-11-8-12(4-5-13(11)18-10)19-16(21)17-9-14(20)15-3-2-6-22-15/h2-8,14,18,20H,9H2,1H3,(H2,17,19,21). The Bertz CT molecular complexity index is 777. The lowest BCUT2D eigenvalue weighted by atomic mass is 10.2. The maximum absolute atomic E-state index is 11.9. The molecular weight excluding hydrogens is 282 g/mol. The number of amides is 2. The number of aromatic nitrogens is 1. The largest absolute Gasteiger partial charge is 0.467 e. The van der Waals surface area contributed by atoms with Gasteiger partial charge in [-0.15, -0.1) is 0 Å². The van der Waals surface area contributed by atoms with Gasteiger partial charge in [0.2, 0.25) is 0 Å². The van der Waals surface area contributed by atoms with Gasteiger partial charge < -0.3 is 25.1 Å². The number of nitrogens with one attached hydrogen (secondary N) is 3. The number of rotatable bonds is 4. The first-order chi connectivity index (χ1) is 10.6. The Morgan fingerprint density at radius 2 is 2.23 bits per heavy atom. The van der Waals surface area contributed by atoms with Crippen LogP contribution in [0.15, 0.2) is 47.1 Å². The lowest BCUT2D eigenvalue weighted by Gasteiger charge is -2.10. The molecule has 4 N–H and O–H groups in total. The van der Waals surface area contributed by atoms with Crippen molar-refractivity contribution in [2.75, 3.05) is 11.9 Å². The summed E-state index contributed by atoms with van der Waals surface area (Å²) in [7, 11) is 0. The monoisotopic (exact) mass is 299 g/mol. The van der Waals surface area contributed by atoms with E-state index < -0.39 is 6.10 Å². The average molecular weight is 299 g/mol. The van der Waals surface area contributed by atoms with Gasteiger partial charge in [-0.2, -0.15) is 0 Å². The molecule has 2 amide bonds. The van der Waals surface area contributed by atoms with E-state index in [4.69, 9.17) is 4.42 Å². The average Bonchev–Trinajstić information content (AvgIpc) is 3.12.